The van der Waals surface area contributed by atoms with Crippen molar-refractivity contribution in [3.8, 4) is 0 Å². The molecule has 0 saturated carbocycles. The number of methoxy groups -OCH3 is 1. The van der Waals surface area contributed by atoms with Crippen molar-refractivity contribution in [2.24, 2.45) is 13.0 Å². The number of hydrogen-bond acceptors (Lipinski definition) is 6. The minimum Gasteiger partial charge on any atom is -0.469 e. The van der Waals surface area contributed by atoms with Gasteiger partial charge in [0, 0.05) is 20.6 Å². The van der Waals surface area contributed by atoms with E-state index in [0.29, 0.717) is 18.1 Å². The summed E-state index contributed by atoms with van der Waals surface area (Å²) in [4.78, 5) is 23.6. The van der Waals surface area contributed by atoms with Gasteiger partial charge in [0.25, 0.3) is 0 Å². The van der Waals surface area contributed by atoms with Crippen LogP contribution >= 0.6 is 0 Å². The van der Waals surface area contributed by atoms with Gasteiger partial charge in [-0.25, -0.2) is 4.68 Å². The molecule has 1 aromatic heterocycles. The van der Waals surface area contributed by atoms with Crippen LogP contribution < -0.4 is 4.90 Å². The van der Waals surface area contributed by atoms with E-state index in [0.717, 1.165) is 0 Å². The van der Waals surface area contributed by atoms with E-state index < -0.39 is 4.92 Å². The van der Waals surface area contributed by atoms with Crippen LogP contribution in [0.1, 0.15) is 12.6 Å². The maximum atomic E-state index is 11.4. The number of anilines is 1. The lowest BCUT2D eigenvalue weighted by Gasteiger charge is -2.21. The average Bonchev–Trinajstić information content (AvgIpc) is 2.62. The van der Waals surface area contributed by atoms with Gasteiger partial charge in [-0.15, -0.1) is 0 Å². The van der Waals surface area contributed by atoms with Crippen LogP contribution in [0.2, 0.25) is 0 Å². The Morgan fingerprint density at radius 1 is 1.63 bits per heavy atom. The van der Waals surface area contributed by atoms with Crippen molar-refractivity contribution in [1.29, 1.82) is 0 Å². The molecule has 1 heterocycles. The van der Waals surface area contributed by atoms with Gasteiger partial charge in [0.2, 0.25) is 5.82 Å². The highest BCUT2D eigenvalue weighted by Gasteiger charge is 2.28. The zero-order chi connectivity index (χ0) is 14.7. The fourth-order valence-electron chi connectivity index (χ4n) is 2.05. The van der Waals surface area contributed by atoms with Gasteiger partial charge in [-0.3, -0.25) is 14.9 Å². The van der Waals surface area contributed by atoms with Crippen molar-refractivity contribution < 1.29 is 14.5 Å². The minimum absolute atomic E-state index is 0.0398. The molecule has 0 radical (unpaired) electrons. The highest BCUT2D eigenvalue weighted by molar-refractivity contribution is 5.73. The Morgan fingerprint density at radius 3 is 2.68 bits per heavy atom. The molecule has 0 aliphatic carbocycles. The summed E-state index contributed by atoms with van der Waals surface area (Å²) in [5, 5.41) is 15.1. The first kappa shape index (κ1) is 14.9. The molecule has 0 N–H and O–H groups in total. The largest absolute Gasteiger partial charge is 0.469 e. The van der Waals surface area contributed by atoms with Crippen LogP contribution in [0, 0.1) is 23.0 Å². The fourth-order valence-corrected chi connectivity index (χ4v) is 2.05. The van der Waals surface area contributed by atoms with Gasteiger partial charge >= 0.3 is 11.7 Å². The normalized spacial score (nSPS) is 12.1. The molecule has 106 valence electrons. The highest BCUT2D eigenvalue weighted by Crippen LogP contribution is 2.30. The van der Waals surface area contributed by atoms with Gasteiger partial charge in [-0.1, -0.05) is 6.92 Å². The Balaban J connectivity index is 3.03. The number of carbonyl (C=O) groups excluding carboxylic acids is 1. The molecule has 8 nitrogen and oxygen atoms in total. The molecule has 0 amide bonds. The Morgan fingerprint density at radius 2 is 2.21 bits per heavy atom. The summed E-state index contributed by atoms with van der Waals surface area (Å²) in [5.74, 6) is -0.364. The second-order valence-corrected chi connectivity index (χ2v) is 4.44. The van der Waals surface area contributed by atoms with E-state index >= 15 is 0 Å². The number of aryl methyl sites for hydroxylation is 2. The fraction of sp³-hybridized carbons (Fsp3) is 0.636. The SMILES string of the molecule is COC(=O)C(C)CN(C)c1c([N+](=O)[O-])c(C)nn1C. The molecule has 0 aliphatic rings. The Bertz CT molecular complexity index is 497. The predicted molar refractivity (Wildman–Crippen MR) is 69.0 cm³/mol. The van der Waals surface area contributed by atoms with Gasteiger partial charge in [-0.2, -0.15) is 5.10 Å². The number of rotatable bonds is 5. The quantitative estimate of drug-likeness (QED) is 0.448. The Hall–Kier alpha value is -2.12. The number of nitrogens with zero attached hydrogens (tertiary/aromatic N) is 4. The third-order valence-corrected chi connectivity index (χ3v) is 2.86. The van der Waals surface area contributed by atoms with Crippen molar-refractivity contribution in [2.45, 2.75) is 13.8 Å². The topological polar surface area (TPSA) is 90.5 Å². The predicted octanol–water partition coefficient (Wildman–Crippen LogP) is 0.882. The molecule has 0 spiro atoms. The van der Waals surface area contributed by atoms with E-state index in [2.05, 4.69) is 9.84 Å². The molecule has 1 aromatic rings. The van der Waals surface area contributed by atoms with Gasteiger partial charge in [0.05, 0.1) is 18.0 Å². The number of hydrogen-bond donors (Lipinski definition) is 0. The van der Waals surface area contributed by atoms with Crippen molar-refractivity contribution >= 4 is 17.5 Å². The molecule has 0 bridgehead atoms. The second kappa shape index (κ2) is 5.68. The van der Waals surface area contributed by atoms with Crippen molar-refractivity contribution in [2.75, 3.05) is 25.6 Å². The van der Waals surface area contributed by atoms with E-state index in [-0.39, 0.29) is 17.6 Å². The molecule has 0 aromatic carbocycles. The van der Waals surface area contributed by atoms with Gasteiger partial charge in [-0.05, 0) is 6.92 Å². The summed E-state index contributed by atoms with van der Waals surface area (Å²) in [6.45, 7) is 3.60. The van der Waals surface area contributed by atoms with Crippen molar-refractivity contribution in [3.05, 3.63) is 15.8 Å². The first-order valence-corrected chi connectivity index (χ1v) is 5.76. The zero-order valence-corrected chi connectivity index (χ0v) is 11.7. The van der Waals surface area contributed by atoms with Crippen molar-refractivity contribution in [1.82, 2.24) is 9.78 Å². The lowest BCUT2D eigenvalue weighted by atomic mass is 10.2. The molecule has 0 fully saturated rings. The number of aromatic nitrogens is 2. The Labute approximate surface area is 111 Å². The number of ether oxygens (including phenoxy) is 1. The van der Waals surface area contributed by atoms with E-state index in [4.69, 9.17) is 0 Å². The monoisotopic (exact) mass is 270 g/mol. The first-order chi connectivity index (χ1) is 8.79. The molecule has 0 saturated heterocycles. The Kier molecular flexibility index (Phi) is 4.47. The third-order valence-electron chi connectivity index (χ3n) is 2.86. The summed E-state index contributed by atoms with van der Waals surface area (Å²) in [6.07, 6.45) is 0. The summed E-state index contributed by atoms with van der Waals surface area (Å²) in [7, 11) is 4.63. The van der Waals surface area contributed by atoms with Crippen LogP contribution in [0.25, 0.3) is 0 Å². The smallest absolute Gasteiger partial charge is 0.333 e. The summed E-state index contributed by atoms with van der Waals surface area (Å²) < 4.78 is 6.08. The number of esters is 1. The van der Waals surface area contributed by atoms with E-state index in [1.807, 2.05) is 0 Å². The molecular weight excluding hydrogens is 252 g/mol. The van der Waals surface area contributed by atoms with Gasteiger partial charge < -0.3 is 9.64 Å². The molecule has 1 atom stereocenters. The lowest BCUT2D eigenvalue weighted by Crippen LogP contribution is -2.30. The molecule has 8 heteroatoms. The van der Waals surface area contributed by atoms with Crippen molar-refractivity contribution in [3.63, 3.8) is 0 Å². The first-order valence-electron chi connectivity index (χ1n) is 5.76. The van der Waals surface area contributed by atoms with Crippen LogP contribution in [0.15, 0.2) is 0 Å². The maximum absolute atomic E-state index is 11.4. The molecular formula is C11H18N4O4. The highest BCUT2D eigenvalue weighted by atomic mass is 16.6. The standard InChI is InChI=1S/C11H18N4O4/c1-7(11(16)19-5)6-13(3)10-9(15(17)18)8(2)12-14(10)4/h7H,6H2,1-5H3. The third kappa shape index (κ3) is 3.01. The molecule has 19 heavy (non-hydrogen) atoms. The van der Waals surface area contributed by atoms with Gasteiger partial charge in [0.15, 0.2) is 0 Å². The van der Waals surface area contributed by atoms with Gasteiger partial charge in [0.1, 0.15) is 5.69 Å². The van der Waals surface area contributed by atoms with Crippen LogP contribution in [0.5, 0.6) is 0 Å². The molecule has 0 aliphatic heterocycles. The maximum Gasteiger partial charge on any atom is 0.333 e. The van der Waals surface area contributed by atoms with E-state index in [9.17, 15) is 14.9 Å². The van der Waals surface area contributed by atoms with Crippen LogP contribution in [-0.2, 0) is 16.6 Å². The lowest BCUT2D eigenvalue weighted by molar-refractivity contribution is -0.384. The summed E-state index contributed by atoms with van der Waals surface area (Å²) >= 11 is 0. The second-order valence-electron chi connectivity index (χ2n) is 4.44. The van der Waals surface area contributed by atoms with Crippen LogP contribution in [0.3, 0.4) is 0 Å². The number of nitro groups is 1. The van der Waals surface area contributed by atoms with Crippen LogP contribution in [0.4, 0.5) is 11.5 Å². The molecule has 1 unspecified atom stereocenters. The van der Waals surface area contributed by atoms with Crippen LogP contribution in [-0.4, -0.2) is 41.4 Å². The number of carbonyl (C=O) groups is 1. The van der Waals surface area contributed by atoms with E-state index in [1.165, 1.54) is 11.8 Å². The zero-order valence-electron chi connectivity index (χ0n) is 11.7. The minimum atomic E-state index is -0.461. The summed E-state index contributed by atoms with van der Waals surface area (Å²) in [6, 6.07) is 0. The van der Waals surface area contributed by atoms with E-state index in [1.54, 1.807) is 32.8 Å². The summed E-state index contributed by atoms with van der Waals surface area (Å²) in [5.41, 5.74) is 0.308. The average molecular weight is 270 g/mol. The molecule has 1 rings (SSSR count).